The van der Waals surface area contributed by atoms with Crippen LogP contribution in [-0.2, 0) is 6.54 Å². The van der Waals surface area contributed by atoms with Crippen LogP contribution in [-0.4, -0.2) is 29.8 Å². The largest absolute Gasteiger partial charge is 0.348 e. The number of piperidine rings is 1. The van der Waals surface area contributed by atoms with E-state index in [4.69, 9.17) is 0 Å². The standard InChI is InChI=1S/C22H26N2O2/c1-16-10-12-24(13-11-16)22(26)19-9-5-8-18(14-19)21(25)23-15-20-7-4-3-6-17(20)2/h3-9,14,16H,10-13,15H2,1-2H3,(H,23,25). The van der Waals surface area contributed by atoms with Gasteiger partial charge >= 0.3 is 0 Å². The first-order valence-corrected chi connectivity index (χ1v) is 9.26. The number of carbonyl (C=O) groups is 2. The quantitative estimate of drug-likeness (QED) is 0.912. The van der Waals surface area contributed by atoms with Gasteiger partial charge in [-0.25, -0.2) is 0 Å². The molecule has 0 bridgehead atoms. The smallest absolute Gasteiger partial charge is 0.253 e. The number of rotatable bonds is 4. The van der Waals surface area contributed by atoms with Crippen LogP contribution in [0.5, 0.6) is 0 Å². The lowest BCUT2D eigenvalue weighted by Gasteiger charge is -2.30. The van der Waals surface area contributed by atoms with E-state index < -0.39 is 0 Å². The zero-order valence-electron chi connectivity index (χ0n) is 15.5. The summed E-state index contributed by atoms with van der Waals surface area (Å²) in [6.07, 6.45) is 2.09. The second-order valence-corrected chi connectivity index (χ2v) is 7.16. The van der Waals surface area contributed by atoms with Crippen molar-refractivity contribution < 1.29 is 9.59 Å². The molecule has 26 heavy (non-hydrogen) atoms. The Morgan fingerprint density at radius 1 is 1.04 bits per heavy atom. The minimum atomic E-state index is -0.157. The minimum absolute atomic E-state index is 0.0189. The highest BCUT2D eigenvalue weighted by Crippen LogP contribution is 2.18. The molecule has 1 saturated heterocycles. The monoisotopic (exact) mass is 350 g/mol. The maximum Gasteiger partial charge on any atom is 0.253 e. The number of amides is 2. The van der Waals surface area contributed by atoms with Crippen molar-refractivity contribution in [3.8, 4) is 0 Å². The lowest BCUT2D eigenvalue weighted by Crippen LogP contribution is -2.38. The second-order valence-electron chi connectivity index (χ2n) is 7.16. The third kappa shape index (κ3) is 4.31. The molecule has 1 aliphatic heterocycles. The van der Waals surface area contributed by atoms with Gasteiger partial charge in [0.1, 0.15) is 0 Å². The third-order valence-corrected chi connectivity index (χ3v) is 5.14. The van der Waals surface area contributed by atoms with Crippen LogP contribution in [0.1, 0.15) is 51.6 Å². The normalized spacial score (nSPS) is 14.9. The van der Waals surface area contributed by atoms with Crippen LogP contribution in [0.3, 0.4) is 0 Å². The van der Waals surface area contributed by atoms with Gasteiger partial charge in [-0.3, -0.25) is 9.59 Å². The molecule has 4 heteroatoms. The van der Waals surface area contributed by atoms with Crippen LogP contribution in [0.15, 0.2) is 48.5 Å². The van der Waals surface area contributed by atoms with Gasteiger partial charge in [-0.15, -0.1) is 0 Å². The number of aryl methyl sites for hydroxylation is 1. The summed E-state index contributed by atoms with van der Waals surface area (Å²) in [6, 6.07) is 15.0. The number of hydrogen-bond donors (Lipinski definition) is 1. The molecule has 0 radical (unpaired) electrons. The van der Waals surface area contributed by atoms with Gasteiger partial charge in [-0.05, 0) is 55.0 Å². The van der Waals surface area contributed by atoms with E-state index in [1.54, 1.807) is 24.3 Å². The Hall–Kier alpha value is -2.62. The van der Waals surface area contributed by atoms with Gasteiger partial charge in [0.15, 0.2) is 0 Å². The Labute approximate surface area is 155 Å². The van der Waals surface area contributed by atoms with E-state index in [9.17, 15) is 9.59 Å². The van der Waals surface area contributed by atoms with Crippen molar-refractivity contribution in [3.63, 3.8) is 0 Å². The molecular formula is C22H26N2O2. The van der Waals surface area contributed by atoms with Gasteiger partial charge < -0.3 is 10.2 Å². The molecule has 4 nitrogen and oxygen atoms in total. The van der Waals surface area contributed by atoms with Gasteiger partial charge in [-0.1, -0.05) is 37.3 Å². The maximum atomic E-state index is 12.7. The van der Waals surface area contributed by atoms with Gasteiger partial charge in [0.2, 0.25) is 0 Å². The van der Waals surface area contributed by atoms with Gasteiger partial charge in [0.25, 0.3) is 11.8 Å². The van der Waals surface area contributed by atoms with Crippen LogP contribution in [0.2, 0.25) is 0 Å². The molecule has 2 amide bonds. The topological polar surface area (TPSA) is 49.4 Å². The molecule has 1 aliphatic rings. The average Bonchev–Trinajstić information content (AvgIpc) is 2.67. The summed E-state index contributed by atoms with van der Waals surface area (Å²) >= 11 is 0. The van der Waals surface area contributed by atoms with E-state index in [-0.39, 0.29) is 11.8 Å². The van der Waals surface area contributed by atoms with Crippen molar-refractivity contribution >= 4 is 11.8 Å². The molecule has 136 valence electrons. The molecule has 2 aromatic rings. The number of hydrogen-bond acceptors (Lipinski definition) is 2. The van der Waals surface area contributed by atoms with Crippen molar-refractivity contribution in [1.82, 2.24) is 10.2 Å². The van der Waals surface area contributed by atoms with Crippen LogP contribution in [0.4, 0.5) is 0 Å². The SMILES string of the molecule is Cc1ccccc1CNC(=O)c1cccc(C(=O)N2CCC(C)CC2)c1. The van der Waals surface area contributed by atoms with E-state index in [0.29, 0.717) is 23.6 Å². The van der Waals surface area contributed by atoms with Gasteiger partial charge in [-0.2, -0.15) is 0 Å². The Morgan fingerprint density at radius 3 is 2.46 bits per heavy atom. The van der Waals surface area contributed by atoms with Crippen LogP contribution in [0, 0.1) is 12.8 Å². The predicted octanol–water partition coefficient (Wildman–Crippen LogP) is 3.80. The molecule has 2 aromatic carbocycles. The minimum Gasteiger partial charge on any atom is -0.348 e. The first-order chi connectivity index (χ1) is 12.5. The molecule has 1 N–H and O–H groups in total. The highest BCUT2D eigenvalue weighted by Gasteiger charge is 2.22. The summed E-state index contributed by atoms with van der Waals surface area (Å²) in [5.41, 5.74) is 3.35. The first-order valence-electron chi connectivity index (χ1n) is 9.26. The van der Waals surface area contributed by atoms with Crippen molar-refractivity contribution in [2.75, 3.05) is 13.1 Å². The number of likely N-dealkylation sites (tertiary alicyclic amines) is 1. The molecule has 0 spiro atoms. The van der Waals surface area contributed by atoms with Crippen molar-refractivity contribution in [1.29, 1.82) is 0 Å². The van der Waals surface area contributed by atoms with E-state index in [1.807, 2.05) is 36.1 Å². The molecule has 0 atom stereocenters. The highest BCUT2D eigenvalue weighted by atomic mass is 16.2. The molecule has 1 fully saturated rings. The lowest BCUT2D eigenvalue weighted by molar-refractivity contribution is 0.0697. The zero-order valence-corrected chi connectivity index (χ0v) is 15.5. The predicted molar refractivity (Wildman–Crippen MR) is 103 cm³/mol. The Morgan fingerprint density at radius 2 is 1.73 bits per heavy atom. The first kappa shape index (κ1) is 18.2. The van der Waals surface area contributed by atoms with Crippen LogP contribution >= 0.6 is 0 Å². The summed E-state index contributed by atoms with van der Waals surface area (Å²) in [6.45, 7) is 6.32. The number of nitrogens with one attached hydrogen (secondary N) is 1. The Kier molecular flexibility index (Phi) is 5.71. The van der Waals surface area contributed by atoms with Crippen molar-refractivity contribution in [2.45, 2.75) is 33.2 Å². The summed E-state index contributed by atoms with van der Waals surface area (Å²) in [5.74, 6) is 0.540. The molecule has 3 rings (SSSR count). The zero-order chi connectivity index (χ0) is 18.5. The van der Waals surface area contributed by atoms with E-state index in [1.165, 1.54) is 0 Å². The second kappa shape index (κ2) is 8.17. The summed E-state index contributed by atoms with van der Waals surface area (Å²) in [7, 11) is 0. The summed E-state index contributed by atoms with van der Waals surface area (Å²) in [5, 5.41) is 2.94. The van der Waals surface area contributed by atoms with Crippen LogP contribution < -0.4 is 5.32 Å². The number of carbonyl (C=O) groups excluding carboxylic acids is 2. The van der Waals surface area contributed by atoms with E-state index in [0.717, 1.165) is 37.1 Å². The number of nitrogens with zero attached hydrogens (tertiary/aromatic N) is 1. The number of benzene rings is 2. The lowest BCUT2D eigenvalue weighted by atomic mass is 9.98. The molecule has 0 aromatic heterocycles. The van der Waals surface area contributed by atoms with Gasteiger partial charge in [0, 0.05) is 30.8 Å². The molecule has 1 heterocycles. The molecular weight excluding hydrogens is 324 g/mol. The summed E-state index contributed by atoms with van der Waals surface area (Å²) < 4.78 is 0. The fraction of sp³-hybridized carbons (Fsp3) is 0.364. The molecule has 0 aliphatic carbocycles. The fourth-order valence-corrected chi connectivity index (χ4v) is 3.27. The molecule has 0 unspecified atom stereocenters. The van der Waals surface area contributed by atoms with E-state index in [2.05, 4.69) is 12.2 Å². The van der Waals surface area contributed by atoms with Crippen molar-refractivity contribution in [2.24, 2.45) is 5.92 Å². The fourth-order valence-electron chi connectivity index (χ4n) is 3.27. The maximum absolute atomic E-state index is 12.7. The van der Waals surface area contributed by atoms with E-state index >= 15 is 0 Å². The summed E-state index contributed by atoms with van der Waals surface area (Å²) in [4.78, 5) is 27.1. The van der Waals surface area contributed by atoms with Gasteiger partial charge in [0.05, 0.1) is 0 Å². The van der Waals surface area contributed by atoms with Crippen LogP contribution in [0.25, 0.3) is 0 Å². The van der Waals surface area contributed by atoms with Crippen molar-refractivity contribution in [3.05, 3.63) is 70.8 Å². The average molecular weight is 350 g/mol. The third-order valence-electron chi connectivity index (χ3n) is 5.14. The highest BCUT2D eigenvalue weighted by molar-refractivity contribution is 5.99. The molecule has 0 saturated carbocycles. The Bertz CT molecular complexity index is 792. The Balaban J connectivity index is 1.65.